The van der Waals surface area contributed by atoms with E-state index in [1.165, 1.54) is 6.20 Å². The molecule has 2 saturated heterocycles. The number of fused-ring (bicyclic) bond motifs is 1. The molecule has 2 aliphatic rings. The van der Waals surface area contributed by atoms with E-state index in [1.54, 1.807) is 23.0 Å². The average molecular weight is 513 g/mol. The fourth-order valence-corrected chi connectivity index (χ4v) is 5.42. The van der Waals surface area contributed by atoms with Crippen LogP contribution in [0.15, 0.2) is 55.0 Å². The first kappa shape index (κ1) is 24.3. The van der Waals surface area contributed by atoms with Crippen LogP contribution in [0.2, 0.25) is 0 Å². The van der Waals surface area contributed by atoms with E-state index in [9.17, 15) is 9.59 Å². The Morgan fingerprint density at radius 3 is 2.61 bits per heavy atom. The largest absolute Gasteiger partial charge is 0.339 e. The number of hydrogen-bond donors (Lipinski definition) is 1. The fourth-order valence-electron chi connectivity index (χ4n) is 5.42. The minimum atomic E-state index is -0.274. The van der Waals surface area contributed by atoms with E-state index in [4.69, 9.17) is 5.10 Å². The van der Waals surface area contributed by atoms with E-state index in [0.29, 0.717) is 35.4 Å². The highest BCUT2D eigenvalue weighted by Gasteiger charge is 2.36. The molecule has 1 N–H and O–H groups in total. The maximum atomic E-state index is 13.3. The van der Waals surface area contributed by atoms with Gasteiger partial charge in [0.1, 0.15) is 11.4 Å². The van der Waals surface area contributed by atoms with Crippen LogP contribution in [0.3, 0.4) is 0 Å². The van der Waals surface area contributed by atoms with Crippen LogP contribution < -0.4 is 5.32 Å². The van der Waals surface area contributed by atoms with E-state index in [1.807, 2.05) is 53.8 Å². The van der Waals surface area contributed by atoms with Crippen molar-refractivity contribution in [2.45, 2.75) is 45.1 Å². The molecule has 38 heavy (non-hydrogen) atoms. The second-order valence-electron chi connectivity index (χ2n) is 10.2. The maximum Gasteiger partial charge on any atom is 0.262 e. The Hall–Kier alpha value is -4.05. The summed E-state index contributed by atoms with van der Waals surface area (Å²) in [5.74, 6) is 0.900. The number of nitrogens with one attached hydrogen (secondary N) is 1. The van der Waals surface area contributed by atoms with Crippen LogP contribution in [0.4, 0.5) is 5.82 Å². The van der Waals surface area contributed by atoms with Crippen LogP contribution in [0.5, 0.6) is 0 Å². The van der Waals surface area contributed by atoms with Crippen LogP contribution >= 0.6 is 0 Å². The zero-order valence-electron chi connectivity index (χ0n) is 21.7. The van der Waals surface area contributed by atoms with Crippen LogP contribution in [-0.2, 0) is 4.79 Å². The molecule has 0 spiro atoms. The number of aryl methyl sites for hydroxylation is 1. The first-order chi connectivity index (χ1) is 18.5. The predicted octanol–water partition coefficient (Wildman–Crippen LogP) is 3.28. The van der Waals surface area contributed by atoms with Crippen molar-refractivity contribution in [2.75, 3.05) is 31.5 Å². The zero-order valence-corrected chi connectivity index (χ0v) is 21.7. The van der Waals surface area contributed by atoms with Crippen molar-refractivity contribution >= 4 is 23.3 Å². The first-order valence-corrected chi connectivity index (χ1v) is 13.3. The first-order valence-electron chi connectivity index (χ1n) is 13.3. The van der Waals surface area contributed by atoms with Gasteiger partial charge in [-0.05, 0) is 51.1 Å². The van der Waals surface area contributed by atoms with Gasteiger partial charge in [-0.3, -0.25) is 14.5 Å². The second-order valence-corrected chi connectivity index (χ2v) is 10.2. The maximum absolute atomic E-state index is 13.3. The SMILES string of the molecule is CCC(=O)N1CC(N2CCC(c3cc(NC(=O)c4cnn5cccnc45)n(-c4ccc(C)cc4)n3)CC2)C1. The summed E-state index contributed by atoms with van der Waals surface area (Å²) in [6, 6.07) is 12.4. The summed E-state index contributed by atoms with van der Waals surface area (Å²) >= 11 is 0. The highest BCUT2D eigenvalue weighted by molar-refractivity contribution is 6.07. The quantitative estimate of drug-likeness (QED) is 0.426. The van der Waals surface area contributed by atoms with Gasteiger partial charge in [-0.15, -0.1) is 0 Å². The number of hydrogen-bond acceptors (Lipinski definition) is 6. The molecule has 4 aromatic rings. The van der Waals surface area contributed by atoms with Crippen molar-refractivity contribution in [2.24, 2.45) is 0 Å². The lowest BCUT2D eigenvalue weighted by Gasteiger charge is -2.47. The van der Waals surface area contributed by atoms with E-state index < -0.39 is 0 Å². The van der Waals surface area contributed by atoms with Crippen molar-refractivity contribution in [3.8, 4) is 5.69 Å². The van der Waals surface area contributed by atoms with Gasteiger partial charge in [0.25, 0.3) is 5.91 Å². The average Bonchev–Trinajstić information content (AvgIpc) is 3.53. The number of piperidine rings is 1. The Labute approximate surface area is 221 Å². The second kappa shape index (κ2) is 10.0. The Morgan fingerprint density at radius 2 is 1.87 bits per heavy atom. The highest BCUT2D eigenvalue weighted by atomic mass is 16.2. The minimum absolute atomic E-state index is 0.243. The molecule has 6 rings (SSSR count). The number of aromatic nitrogens is 5. The fraction of sp³-hybridized carbons (Fsp3) is 0.393. The number of benzene rings is 1. The molecule has 2 fully saturated rings. The van der Waals surface area contributed by atoms with Gasteiger partial charge in [-0.1, -0.05) is 24.6 Å². The number of carbonyl (C=O) groups excluding carboxylic acids is 2. The van der Waals surface area contributed by atoms with Crippen LogP contribution in [0.1, 0.15) is 53.7 Å². The van der Waals surface area contributed by atoms with Gasteiger partial charge in [-0.25, -0.2) is 14.2 Å². The minimum Gasteiger partial charge on any atom is -0.339 e. The third-order valence-corrected chi connectivity index (χ3v) is 7.75. The molecule has 0 atom stereocenters. The molecular weight excluding hydrogens is 480 g/mol. The standard InChI is InChI=1S/C28H32N8O2/c1-3-26(37)34-17-22(18-34)33-13-9-20(10-14-33)24-15-25(36(32-24)21-7-5-19(2)6-8-21)31-28(38)23-16-30-35-12-4-11-29-27(23)35/h4-8,11-12,15-16,20,22H,3,9-10,13-14,17-18H2,1-2H3,(H,31,38). The van der Waals surface area contributed by atoms with Gasteiger partial charge in [0.15, 0.2) is 5.65 Å². The number of likely N-dealkylation sites (tertiary alicyclic amines) is 2. The molecule has 10 heteroatoms. The summed E-state index contributed by atoms with van der Waals surface area (Å²) < 4.78 is 3.41. The van der Waals surface area contributed by atoms with E-state index in [-0.39, 0.29) is 11.8 Å². The third-order valence-electron chi connectivity index (χ3n) is 7.75. The third kappa shape index (κ3) is 4.56. The van der Waals surface area contributed by atoms with E-state index in [2.05, 4.69) is 20.3 Å². The Kier molecular flexibility index (Phi) is 6.40. The zero-order chi connectivity index (χ0) is 26.2. The number of anilines is 1. The Bertz CT molecular complexity index is 1460. The molecule has 0 radical (unpaired) electrons. The van der Waals surface area contributed by atoms with Gasteiger partial charge >= 0.3 is 0 Å². The molecule has 0 bridgehead atoms. The molecule has 0 unspecified atom stereocenters. The van der Waals surface area contributed by atoms with Crippen LogP contribution in [0, 0.1) is 6.92 Å². The smallest absolute Gasteiger partial charge is 0.262 e. The Balaban J connectivity index is 1.20. The molecule has 5 heterocycles. The summed E-state index contributed by atoms with van der Waals surface area (Å²) in [6.45, 7) is 7.62. The lowest BCUT2D eigenvalue weighted by atomic mass is 9.91. The number of nitrogens with zero attached hydrogens (tertiary/aromatic N) is 7. The summed E-state index contributed by atoms with van der Waals surface area (Å²) in [5.41, 5.74) is 3.95. The molecule has 0 aliphatic carbocycles. The molecule has 10 nitrogen and oxygen atoms in total. The van der Waals surface area contributed by atoms with Gasteiger partial charge in [0, 0.05) is 49.9 Å². The van der Waals surface area contributed by atoms with Gasteiger partial charge < -0.3 is 10.2 Å². The molecule has 1 aromatic carbocycles. The van der Waals surface area contributed by atoms with Crippen molar-refractivity contribution in [3.63, 3.8) is 0 Å². The van der Waals surface area contributed by atoms with Gasteiger partial charge in [0.2, 0.25) is 5.91 Å². The Morgan fingerprint density at radius 1 is 1.11 bits per heavy atom. The number of carbonyl (C=O) groups is 2. The van der Waals surface area contributed by atoms with Crippen molar-refractivity contribution in [1.29, 1.82) is 0 Å². The lowest BCUT2D eigenvalue weighted by molar-refractivity contribution is -0.138. The molecule has 196 valence electrons. The molecule has 0 saturated carbocycles. The normalized spacial score (nSPS) is 17.1. The van der Waals surface area contributed by atoms with Gasteiger partial charge in [0.05, 0.1) is 17.6 Å². The topological polar surface area (TPSA) is 101 Å². The van der Waals surface area contributed by atoms with Crippen molar-refractivity contribution in [3.05, 3.63) is 71.8 Å². The van der Waals surface area contributed by atoms with Crippen LogP contribution in [-0.4, -0.2) is 78.2 Å². The van der Waals surface area contributed by atoms with E-state index in [0.717, 1.165) is 56.0 Å². The molecular formula is C28H32N8O2. The summed E-state index contributed by atoms with van der Waals surface area (Å²) in [6.07, 6.45) is 7.52. The monoisotopic (exact) mass is 512 g/mol. The van der Waals surface area contributed by atoms with Crippen molar-refractivity contribution in [1.82, 2.24) is 34.2 Å². The molecule has 2 amide bonds. The summed E-state index contributed by atoms with van der Waals surface area (Å²) in [7, 11) is 0. The van der Waals surface area contributed by atoms with Gasteiger partial charge in [-0.2, -0.15) is 10.2 Å². The van der Waals surface area contributed by atoms with E-state index >= 15 is 0 Å². The predicted molar refractivity (Wildman–Crippen MR) is 143 cm³/mol. The van der Waals surface area contributed by atoms with Crippen LogP contribution in [0.25, 0.3) is 11.3 Å². The highest BCUT2D eigenvalue weighted by Crippen LogP contribution is 2.32. The molecule has 2 aliphatic heterocycles. The lowest BCUT2D eigenvalue weighted by Crippen LogP contribution is -2.62. The summed E-state index contributed by atoms with van der Waals surface area (Å²) in [4.78, 5) is 34.0. The van der Waals surface area contributed by atoms with Crippen molar-refractivity contribution < 1.29 is 9.59 Å². The molecule has 3 aromatic heterocycles. The number of amides is 2. The number of rotatable bonds is 6. The summed E-state index contributed by atoms with van der Waals surface area (Å²) in [5, 5.41) is 12.3.